The van der Waals surface area contributed by atoms with Crippen LogP contribution in [0.4, 0.5) is 4.39 Å². The van der Waals surface area contributed by atoms with Crippen LogP contribution in [-0.4, -0.2) is 11.7 Å². The minimum absolute atomic E-state index is 0.0585. The Morgan fingerprint density at radius 2 is 2.00 bits per heavy atom. The summed E-state index contributed by atoms with van der Waals surface area (Å²) in [6.07, 6.45) is 0. The van der Waals surface area contributed by atoms with E-state index < -0.39 is 11.2 Å². The van der Waals surface area contributed by atoms with Gasteiger partial charge in [0.2, 0.25) is 0 Å². The lowest BCUT2D eigenvalue weighted by Crippen LogP contribution is -2.24. The average molecular weight is 217 g/mol. The van der Waals surface area contributed by atoms with Gasteiger partial charge in [-0.3, -0.25) is 0 Å². The van der Waals surface area contributed by atoms with Crippen molar-refractivity contribution in [2.45, 2.75) is 26.2 Å². The molecular weight excluding hydrogens is 203 g/mol. The second kappa shape index (κ2) is 3.87. The van der Waals surface area contributed by atoms with E-state index in [4.69, 9.17) is 11.6 Å². The maximum atomic E-state index is 13.2. The predicted molar refractivity (Wildman–Crippen MR) is 56.3 cm³/mol. The molecule has 0 saturated carbocycles. The fourth-order valence-electron chi connectivity index (χ4n) is 1.56. The molecule has 1 nitrogen and oxygen atoms in total. The smallest absolute Gasteiger partial charge is 0.142 e. The van der Waals surface area contributed by atoms with E-state index in [1.165, 1.54) is 6.07 Å². The van der Waals surface area contributed by atoms with Crippen LogP contribution in [0.5, 0.6) is 0 Å². The van der Waals surface area contributed by atoms with Crippen LogP contribution in [0.25, 0.3) is 0 Å². The van der Waals surface area contributed by atoms with Gasteiger partial charge in [0.05, 0.1) is 11.6 Å². The molecule has 0 saturated heterocycles. The summed E-state index contributed by atoms with van der Waals surface area (Å²) >= 11 is 5.88. The predicted octanol–water partition coefficient (Wildman–Crippen LogP) is 3.06. The molecular formula is C11H14ClFO. The van der Waals surface area contributed by atoms with Gasteiger partial charge in [-0.2, -0.15) is 0 Å². The summed E-state index contributed by atoms with van der Waals surface area (Å²) in [6.45, 7) is 5.47. The molecule has 1 rings (SSSR count). The third kappa shape index (κ3) is 1.91. The summed E-state index contributed by atoms with van der Waals surface area (Å²) < 4.78 is 13.2. The van der Waals surface area contributed by atoms with Crippen LogP contribution >= 0.6 is 11.6 Å². The standard InChI is InChI=1S/C11H14ClFO/c1-7-4-5-8(13)10(12)9(7)11(2,3)6-14/h4-5,14H,6H2,1-3H3. The summed E-state index contributed by atoms with van der Waals surface area (Å²) in [5, 5.41) is 9.32. The molecule has 0 atom stereocenters. The van der Waals surface area contributed by atoms with Crippen molar-refractivity contribution < 1.29 is 9.50 Å². The minimum atomic E-state index is -0.511. The quantitative estimate of drug-likeness (QED) is 0.806. The second-order valence-corrected chi connectivity index (χ2v) is 4.47. The largest absolute Gasteiger partial charge is 0.395 e. The first kappa shape index (κ1) is 11.5. The van der Waals surface area contributed by atoms with Crippen LogP contribution in [-0.2, 0) is 5.41 Å². The van der Waals surface area contributed by atoms with Crippen molar-refractivity contribution >= 4 is 11.6 Å². The lowest BCUT2D eigenvalue weighted by atomic mass is 9.83. The molecule has 0 spiro atoms. The van der Waals surface area contributed by atoms with Crippen LogP contribution < -0.4 is 0 Å². The fourth-order valence-corrected chi connectivity index (χ4v) is 2.02. The number of aryl methyl sites for hydroxylation is 1. The first-order valence-electron chi connectivity index (χ1n) is 4.46. The first-order chi connectivity index (χ1) is 6.40. The zero-order valence-corrected chi connectivity index (χ0v) is 9.32. The van der Waals surface area contributed by atoms with Gasteiger partial charge < -0.3 is 5.11 Å². The summed E-state index contributed by atoms with van der Waals surface area (Å²) in [7, 11) is 0. The normalized spacial score (nSPS) is 11.9. The first-order valence-corrected chi connectivity index (χ1v) is 4.84. The van der Waals surface area contributed by atoms with Gasteiger partial charge in [0, 0.05) is 5.41 Å². The van der Waals surface area contributed by atoms with Crippen LogP contribution in [0.2, 0.25) is 5.02 Å². The molecule has 0 bridgehead atoms. The molecule has 3 heteroatoms. The zero-order chi connectivity index (χ0) is 10.9. The molecule has 0 unspecified atom stereocenters. The monoisotopic (exact) mass is 216 g/mol. The zero-order valence-electron chi connectivity index (χ0n) is 8.56. The molecule has 78 valence electrons. The van der Waals surface area contributed by atoms with Crippen molar-refractivity contribution in [2.24, 2.45) is 0 Å². The lowest BCUT2D eigenvalue weighted by molar-refractivity contribution is 0.217. The van der Waals surface area contributed by atoms with E-state index in [1.807, 2.05) is 20.8 Å². The van der Waals surface area contributed by atoms with Gasteiger partial charge in [-0.05, 0) is 24.1 Å². The van der Waals surface area contributed by atoms with Crippen molar-refractivity contribution in [2.75, 3.05) is 6.61 Å². The Bertz CT molecular complexity index is 347. The molecule has 1 N–H and O–H groups in total. The third-order valence-corrected chi connectivity index (χ3v) is 2.74. The van der Waals surface area contributed by atoms with E-state index >= 15 is 0 Å². The Kier molecular flexibility index (Phi) is 3.17. The number of rotatable bonds is 2. The number of aliphatic hydroxyl groups excluding tert-OH is 1. The van der Waals surface area contributed by atoms with E-state index in [9.17, 15) is 9.50 Å². The summed E-state index contributed by atoms with van der Waals surface area (Å²) in [6, 6.07) is 3.02. The summed E-state index contributed by atoms with van der Waals surface area (Å²) in [5.74, 6) is -0.436. The van der Waals surface area contributed by atoms with Gasteiger partial charge in [-0.1, -0.05) is 31.5 Å². The highest BCUT2D eigenvalue weighted by Crippen LogP contribution is 2.33. The minimum Gasteiger partial charge on any atom is -0.395 e. The van der Waals surface area contributed by atoms with E-state index in [0.29, 0.717) is 5.56 Å². The highest BCUT2D eigenvalue weighted by atomic mass is 35.5. The number of hydrogen-bond donors (Lipinski definition) is 1. The molecule has 0 radical (unpaired) electrons. The van der Waals surface area contributed by atoms with E-state index in [-0.39, 0.29) is 11.6 Å². The molecule has 0 aliphatic heterocycles. The molecule has 0 amide bonds. The molecule has 0 fully saturated rings. The number of benzene rings is 1. The highest BCUT2D eigenvalue weighted by Gasteiger charge is 2.25. The summed E-state index contributed by atoms with van der Waals surface area (Å²) in [4.78, 5) is 0. The molecule has 1 aromatic carbocycles. The molecule has 0 aliphatic carbocycles. The van der Waals surface area contributed by atoms with Gasteiger partial charge in [-0.25, -0.2) is 4.39 Å². The number of hydrogen-bond acceptors (Lipinski definition) is 1. The van der Waals surface area contributed by atoms with Crippen LogP contribution in [0, 0.1) is 12.7 Å². The Morgan fingerprint density at radius 1 is 1.43 bits per heavy atom. The van der Waals surface area contributed by atoms with Crippen molar-refractivity contribution in [3.05, 3.63) is 34.1 Å². The van der Waals surface area contributed by atoms with Gasteiger partial charge in [0.1, 0.15) is 5.82 Å². The van der Waals surface area contributed by atoms with E-state index in [0.717, 1.165) is 5.56 Å². The number of halogens is 2. The molecule has 0 aliphatic rings. The van der Waals surface area contributed by atoms with Crippen molar-refractivity contribution in [1.29, 1.82) is 0 Å². The van der Waals surface area contributed by atoms with Gasteiger partial charge in [0.15, 0.2) is 0 Å². The lowest BCUT2D eigenvalue weighted by Gasteiger charge is -2.25. The Balaban J connectivity index is 3.40. The van der Waals surface area contributed by atoms with E-state index in [1.54, 1.807) is 6.07 Å². The Labute approximate surface area is 88.5 Å². The Morgan fingerprint density at radius 3 is 2.50 bits per heavy atom. The second-order valence-electron chi connectivity index (χ2n) is 4.10. The van der Waals surface area contributed by atoms with Crippen molar-refractivity contribution in [1.82, 2.24) is 0 Å². The SMILES string of the molecule is Cc1ccc(F)c(Cl)c1C(C)(C)CO. The van der Waals surface area contributed by atoms with Crippen LogP contribution in [0.1, 0.15) is 25.0 Å². The average Bonchev–Trinajstić information content (AvgIpc) is 2.12. The van der Waals surface area contributed by atoms with Crippen molar-refractivity contribution in [3.8, 4) is 0 Å². The maximum absolute atomic E-state index is 13.2. The maximum Gasteiger partial charge on any atom is 0.142 e. The van der Waals surface area contributed by atoms with E-state index in [2.05, 4.69) is 0 Å². The third-order valence-electron chi connectivity index (χ3n) is 2.38. The topological polar surface area (TPSA) is 20.2 Å². The highest BCUT2D eigenvalue weighted by molar-refractivity contribution is 6.31. The van der Waals surface area contributed by atoms with Gasteiger partial charge in [0.25, 0.3) is 0 Å². The van der Waals surface area contributed by atoms with Crippen LogP contribution in [0.3, 0.4) is 0 Å². The fraction of sp³-hybridized carbons (Fsp3) is 0.455. The van der Waals surface area contributed by atoms with Gasteiger partial charge in [-0.15, -0.1) is 0 Å². The molecule has 0 aromatic heterocycles. The molecule has 0 heterocycles. The molecule has 14 heavy (non-hydrogen) atoms. The van der Waals surface area contributed by atoms with Gasteiger partial charge >= 0.3 is 0 Å². The molecule has 1 aromatic rings. The Hall–Kier alpha value is -0.600. The number of aliphatic hydroxyl groups is 1. The van der Waals surface area contributed by atoms with Crippen LogP contribution in [0.15, 0.2) is 12.1 Å². The van der Waals surface area contributed by atoms with Crippen molar-refractivity contribution in [3.63, 3.8) is 0 Å². The summed E-state index contributed by atoms with van der Waals surface area (Å²) in [5.41, 5.74) is 1.07.